The predicted octanol–water partition coefficient (Wildman–Crippen LogP) is 1.16. The van der Waals surface area contributed by atoms with Crippen LogP contribution in [0.1, 0.15) is 22.3 Å². The maximum atomic E-state index is 11.2. The van der Waals surface area contributed by atoms with Gasteiger partial charge in [-0.05, 0) is 30.7 Å². The van der Waals surface area contributed by atoms with E-state index in [0.29, 0.717) is 12.1 Å². The molecule has 0 aliphatic rings. The minimum Gasteiger partial charge on any atom is -0.366 e. The lowest BCUT2D eigenvalue weighted by Crippen LogP contribution is -2.20. The summed E-state index contributed by atoms with van der Waals surface area (Å²) in [5, 5.41) is 7.45. The molecule has 5 nitrogen and oxygen atoms in total. The summed E-state index contributed by atoms with van der Waals surface area (Å²) in [7, 11) is 0. The molecule has 0 unspecified atom stereocenters. The van der Waals surface area contributed by atoms with Crippen LogP contribution in [0.4, 0.5) is 0 Å². The second kappa shape index (κ2) is 6.70. The summed E-state index contributed by atoms with van der Waals surface area (Å²) in [6, 6.07) is 9.31. The monoisotopic (exact) mass is 258 g/mol. The van der Waals surface area contributed by atoms with Gasteiger partial charge in [-0.25, -0.2) is 0 Å². The predicted molar refractivity (Wildman–Crippen MR) is 73.5 cm³/mol. The molecular weight excluding hydrogens is 240 g/mol. The van der Waals surface area contributed by atoms with Gasteiger partial charge in [-0.15, -0.1) is 0 Å². The maximum absolute atomic E-state index is 11.2. The maximum Gasteiger partial charge on any atom is 0.249 e. The molecule has 0 atom stereocenters. The van der Waals surface area contributed by atoms with Crippen LogP contribution in [0.5, 0.6) is 0 Å². The number of rotatable bonds is 7. The Bertz CT molecular complexity index is 522. The van der Waals surface area contributed by atoms with Crippen molar-refractivity contribution in [3.63, 3.8) is 0 Å². The molecule has 0 saturated carbocycles. The fourth-order valence-electron chi connectivity index (χ4n) is 1.94. The minimum absolute atomic E-state index is 0.381. The van der Waals surface area contributed by atoms with Crippen LogP contribution in [0.15, 0.2) is 42.7 Å². The summed E-state index contributed by atoms with van der Waals surface area (Å²) >= 11 is 0. The van der Waals surface area contributed by atoms with Crippen molar-refractivity contribution in [3.8, 4) is 0 Å². The Morgan fingerprint density at radius 2 is 2.16 bits per heavy atom. The van der Waals surface area contributed by atoms with Crippen LogP contribution in [-0.4, -0.2) is 22.2 Å². The number of primary amides is 1. The molecule has 19 heavy (non-hydrogen) atoms. The molecule has 1 amide bonds. The summed E-state index contributed by atoms with van der Waals surface area (Å²) in [5.41, 5.74) is 6.86. The SMILES string of the molecule is NC(=O)c1ccccc1CNCCCn1cccn1. The summed E-state index contributed by atoms with van der Waals surface area (Å²) in [5.74, 6) is -0.381. The lowest BCUT2D eigenvalue weighted by atomic mass is 10.1. The fourth-order valence-corrected chi connectivity index (χ4v) is 1.94. The normalized spacial score (nSPS) is 10.5. The topological polar surface area (TPSA) is 72.9 Å². The number of amides is 1. The van der Waals surface area contributed by atoms with E-state index >= 15 is 0 Å². The van der Waals surface area contributed by atoms with Gasteiger partial charge >= 0.3 is 0 Å². The Morgan fingerprint density at radius 1 is 1.32 bits per heavy atom. The van der Waals surface area contributed by atoms with E-state index < -0.39 is 0 Å². The molecule has 0 saturated heterocycles. The zero-order valence-corrected chi connectivity index (χ0v) is 10.7. The number of aromatic nitrogens is 2. The van der Waals surface area contributed by atoms with Gasteiger partial charge in [0.25, 0.3) is 0 Å². The summed E-state index contributed by atoms with van der Waals surface area (Å²) < 4.78 is 1.90. The molecule has 0 spiro atoms. The van der Waals surface area contributed by atoms with E-state index in [-0.39, 0.29) is 5.91 Å². The van der Waals surface area contributed by atoms with E-state index in [1.165, 1.54) is 0 Å². The molecule has 2 rings (SSSR count). The molecule has 0 radical (unpaired) electrons. The number of benzene rings is 1. The zero-order chi connectivity index (χ0) is 13.5. The first-order chi connectivity index (χ1) is 9.27. The average Bonchev–Trinajstić information content (AvgIpc) is 2.92. The van der Waals surface area contributed by atoms with Gasteiger partial charge < -0.3 is 11.1 Å². The van der Waals surface area contributed by atoms with E-state index in [4.69, 9.17) is 5.73 Å². The standard InChI is InChI=1S/C14H18N4O/c15-14(19)13-6-2-1-5-12(13)11-16-7-3-9-18-10-4-8-17-18/h1-2,4-6,8,10,16H,3,7,9,11H2,(H2,15,19). The van der Waals surface area contributed by atoms with Gasteiger partial charge in [0.1, 0.15) is 0 Å². The third-order valence-electron chi connectivity index (χ3n) is 2.90. The van der Waals surface area contributed by atoms with Gasteiger partial charge in [-0.1, -0.05) is 18.2 Å². The van der Waals surface area contributed by atoms with Gasteiger partial charge in [0, 0.05) is 31.0 Å². The molecule has 2 aromatic rings. The molecule has 0 aliphatic heterocycles. The van der Waals surface area contributed by atoms with Crippen molar-refractivity contribution in [2.24, 2.45) is 5.73 Å². The first-order valence-corrected chi connectivity index (χ1v) is 6.33. The average molecular weight is 258 g/mol. The molecule has 0 fully saturated rings. The Morgan fingerprint density at radius 3 is 2.89 bits per heavy atom. The number of aryl methyl sites for hydroxylation is 1. The van der Waals surface area contributed by atoms with E-state index in [9.17, 15) is 4.79 Å². The highest BCUT2D eigenvalue weighted by Gasteiger charge is 2.05. The van der Waals surface area contributed by atoms with Gasteiger partial charge in [-0.2, -0.15) is 5.10 Å². The Labute approximate surface area is 112 Å². The number of hydrogen-bond acceptors (Lipinski definition) is 3. The van der Waals surface area contributed by atoms with Gasteiger partial charge in [0.15, 0.2) is 0 Å². The van der Waals surface area contributed by atoms with Crippen LogP contribution in [0.2, 0.25) is 0 Å². The Hall–Kier alpha value is -2.14. The molecule has 3 N–H and O–H groups in total. The highest BCUT2D eigenvalue weighted by molar-refractivity contribution is 5.94. The largest absolute Gasteiger partial charge is 0.366 e. The summed E-state index contributed by atoms with van der Waals surface area (Å²) in [6.07, 6.45) is 4.71. The number of carbonyl (C=O) groups excluding carboxylic acids is 1. The Balaban J connectivity index is 1.75. The molecule has 1 aromatic carbocycles. The van der Waals surface area contributed by atoms with Crippen molar-refractivity contribution in [2.75, 3.05) is 6.54 Å². The first kappa shape index (κ1) is 13.3. The number of nitrogens with two attached hydrogens (primary N) is 1. The number of hydrogen-bond donors (Lipinski definition) is 2. The van der Waals surface area contributed by atoms with Crippen LogP contribution < -0.4 is 11.1 Å². The molecular formula is C14H18N4O. The first-order valence-electron chi connectivity index (χ1n) is 6.33. The lowest BCUT2D eigenvalue weighted by molar-refractivity contribution is 0.0999. The number of nitrogens with zero attached hydrogens (tertiary/aromatic N) is 2. The summed E-state index contributed by atoms with van der Waals surface area (Å²) in [4.78, 5) is 11.2. The van der Waals surface area contributed by atoms with E-state index in [1.54, 1.807) is 12.3 Å². The van der Waals surface area contributed by atoms with Crippen LogP contribution in [-0.2, 0) is 13.1 Å². The van der Waals surface area contributed by atoms with Crippen molar-refractivity contribution >= 4 is 5.91 Å². The minimum atomic E-state index is -0.381. The zero-order valence-electron chi connectivity index (χ0n) is 10.7. The molecule has 5 heteroatoms. The smallest absolute Gasteiger partial charge is 0.249 e. The third kappa shape index (κ3) is 3.93. The highest BCUT2D eigenvalue weighted by atomic mass is 16.1. The van der Waals surface area contributed by atoms with Crippen LogP contribution in [0.3, 0.4) is 0 Å². The molecule has 1 heterocycles. The molecule has 1 aromatic heterocycles. The van der Waals surface area contributed by atoms with Gasteiger partial charge in [-0.3, -0.25) is 9.48 Å². The van der Waals surface area contributed by atoms with E-state index in [0.717, 1.165) is 25.1 Å². The van der Waals surface area contributed by atoms with Crippen molar-refractivity contribution in [3.05, 3.63) is 53.9 Å². The van der Waals surface area contributed by atoms with Crippen LogP contribution >= 0.6 is 0 Å². The van der Waals surface area contributed by atoms with Crippen LogP contribution in [0.25, 0.3) is 0 Å². The lowest BCUT2D eigenvalue weighted by Gasteiger charge is -2.08. The second-order valence-corrected chi connectivity index (χ2v) is 4.32. The Kier molecular flexibility index (Phi) is 4.69. The quantitative estimate of drug-likeness (QED) is 0.732. The van der Waals surface area contributed by atoms with Crippen molar-refractivity contribution in [1.29, 1.82) is 0 Å². The van der Waals surface area contributed by atoms with E-state index in [1.807, 2.05) is 35.1 Å². The van der Waals surface area contributed by atoms with Crippen LogP contribution in [0, 0.1) is 0 Å². The van der Waals surface area contributed by atoms with Crippen molar-refractivity contribution in [2.45, 2.75) is 19.5 Å². The molecule has 0 aliphatic carbocycles. The van der Waals surface area contributed by atoms with Crippen molar-refractivity contribution < 1.29 is 4.79 Å². The fraction of sp³-hybridized carbons (Fsp3) is 0.286. The molecule has 0 bridgehead atoms. The summed E-state index contributed by atoms with van der Waals surface area (Å²) in [6.45, 7) is 2.41. The van der Waals surface area contributed by atoms with Crippen molar-refractivity contribution in [1.82, 2.24) is 15.1 Å². The number of carbonyl (C=O) groups is 1. The van der Waals surface area contributed by atoms with E-state index in [2.05, 4.69) is 10.4 Å². The third-order valence-corrected chi connectivity index (χ3v) is 2.90. The second-order valence-electron chi connectivity index (χ2n) is 4.32. The molecule has 100 valence electrons. The van der Waals surface area contributed by atoms with Gasteiger partial charge in [0.2, 0.25) is 5.91 Å². The highest BCUT2D eigenvalue weighted by Crippen LogP contribution is 2.07. The number of nitrogens with one attached hydrogen (secondary N) is 1. The van der Waals surface area contributed by atoms with Gasteiger partial charge in [0.05, 0.1) is 0 Å².